The third kappa shape index (κ3) is 2.70. The number of carbonyl (C=O) groups is 1. The predicted octanol–water partition coefficient (Wildman–Crippen LogP) is 1.38. The zero-order chi connectivity index (χ0) is 9.97. The molecule has 0 saturated carbocycles. The summed E-state index contributed by atoms with van der Waals surface area (Å²) in [5.74, 6) is -0.760. The van der Waals surface area contributed by atoms with E-state index in [-0.39, 0.29) is 18.8 Å². The van der Waals surface area contributed by atoms with Crippen LogP contribution in [0.5, 0.6) is 0 Å². The third-order valence-electron chi connectivity index (χ3n) is 2.58. The van der Waals surface area contributed by atoms with Crippen molar-refractivity contribution in [2.24, 2.45) is 0 Å². The zero-order valence-corrected chi connectivity index (χ0v) is 9.14. The number of halogens is 1. The molecule has 1 aliphatic rings. The Hall–Kier alpha value is -1.06. The lowest BCUT2D eigenvalue weighted by molar-refractivity contribution is -0.136. The normalized spacial score (nSPS) is 13.9. The maximum atomic E-state index is 10.6. The Morgan fingerprint density at radius 3 is 3.00 bits per heavy atom. The number of nitrogens with one attached hydrogen (secondary N) is 1. The summed E-state index contributed by atoms with van der Waals surface area (Å²) in [6, 6.07) is 5.93. The second-order valence-corrected chi connectivity index (χ2v) is 3.55. The first-order chi connectivity index (χ1) is 6.77. The molecule has 0 radical (unpaired) electrons. The summed E-state index contributed by atoms with van der Waals surface area (Å²) < 4.78 is 0. The van der Waals surface area contributed by atoms with Gasteiger partial charge in [-0.2, -0.15) is 0 Å². The van der Waals surface area contributed by atoms with E-state index in [4.69, 9.17) is 5.11 Å². The first kappa shape index (κ1) is 12.0. The molecule has 2 N–H and O–H groups in total. The summed E-state index contributed by atoms with van der Waals surface area (Å²) in [7, 11) is 0. The van der Waals surface area contributed by atoms with Crippen LogP contribution in [-0.2, 0) is 24.2 Å². The van der Waals surface area contributed by atoms with Gasteiger partial charge in [-0.15, -0.1) is 12.4 Å². The highest BCUT2D eigenvalue weighted by atomic mass is 35.5. The van der Waals surface area contributed by atoms with Gasteiger partial charge < -0.3 is 10.4 Å². The Balaban J connectivity index is 0.00000112. The molecule has 0 amide bonds. The summed E-state index contributed by atoms with van der Waals surface area (Å²) in [4.78, 5) is 10.6. The molecule has 0 unspecified atom stereocenters. The van der Waals surface area contributed by atoms with Crippen molar-refractivity contribution in [3.63, 3.8) is 0 Å². The van der Waals surface area contributed by atoms with Crippen LogP contribution in [0, 0.1) is 0 Å². The van der Waals surface area contributed by atoms with Crippen LogP contribution >= 0.6 is 12.4 Å². The molecule has 0 aliphatic carbocycles. The van der Waals surface area contributed by atoms with Gasteiger partial charge in [0.15, 0.2) is 0 Å². The minimum absolute atomic E-state index is 0. The van der Waals surface area contributed by atoms with Crippen LogP contribution in [0.15, 0.2) is 18.2 Å². The highest BCUT2D eigenvalue weighted by Crippen LogP contribution is 2.18. The lowest BCUT2D eigenvalue weighted by Crippen LogP contribution is -2.25. The summed E-state index contributed by atoms with van der Waals surface area (Å²) in [6.07, 6.45) is 1.13. The van der Waals surface area contributed by atoms with Crippen molar-refractivity contribution in [1.82, 2.24) is 5.32 Å². The fraction of sp³-hybridized carbons (Fsp3) is 0.364. The van der Waals surface area contributed by atoms with Crippen LogP contribution < -0.4 is 5.32 Å². The molecule has 0 saturated heterocycles. The zero-order valence-electron chi connectivity index (χ0n) is 8.32. The molecule has 0 atom stereocenters. The molecule has 1 aliphatic heterocycles. The van der Waals surface area contributed by atoms with Gasteiger partial charge in [-0.3, -0.25) is 4.79 Å². The largest absolute Gasteiger partial charge is 0.481 e. The summed E-state index contributed by atoms with van der Waals surface area (Å²) in [6.45, 7) is 1.79. The molecule has 1 aromatic carbocycles. The van der Waals surface area contributed by atoms with Gasteiger partial charge in [0.05, 0.1) is 6.42 Å². The number of hydrogen-bond acceptors (Lipinski definition) is 2. The maximum absolute atomic E-state index is 10.6. The number of hydrogen-bond donors (Lipinski definition) is 2. The van der Waals surface area contributed by atoms with Crippen molar-refractivity contribution in [2.45, 2.75) is 19.4 Å². The van der Waals surface area contributed by atoms with E-state index >= 15 is 0 Å². The molecule has 0 fully saturated rings. The molecule has 3 nitrogen and oxygen atoms in total. The molecular weight excluding hydrogens is 214 g/mol. The van der Waals surface area contributed by atoms with E-state index in [1.54, 1.807) is 0 Å². The van der Waals surface area contributed by atoms with Crippen molar-refractivity contribution in [1.29, 1.82) is 0 Å². The number of carboxylic acids is 1. The van der Waals surface area contributed by atoms with E-state index in [1.165, 1.54) is 11.1 Å². The number of benzene rings is 1. The minimum atomic E-state index is -0.760. The first-order valence-corrected chi connectivity index (χ1v) is 4.79. The molecule has 15 heavy (non-hydrogen) atoms. The van der Waals surface area contributed by atoms with Crippen LogP contribution in [0.3, 0.4) is 0 Å². The number of fused-ring (bicyclic) bond motifs is 1. The molecule has 0 spiro atoms. The monoisotopic (exact) mass is 227 g/mol. The fourth-order valence-corrected chi connectivity index (χ4v) is 1.91. The molecule has 0 bridgehead atoms. The van der Waals surface area contributed by atoms with Gasteiger partial charge >= 0.3 is 5.97 Å². The van der Waals surface area contributed by atoms with Gasteiger partial charge in [0.25, 0.3) is 0 Å². The molecule has 82 valence electrons. The summed E-state index contributed by atoms with van der Waals surface area (Å²) in [5.41, 5.74) is 3.42. The third-order valence-corrected chi connectivity index (χ3v) is 2.58. The molecule has 4 heteroatoms. The van der Waals surface area contributed by atoms with E-state index in [0.717, 1.165) is 25.1 Å². The Morgan fingerprint density at radius 2 is 2.27 bits per heavy atom. The minimum Gasteiger partial charge on any atom is -0.481 e. The molecule has 0 aromatic heterocycles. The van der Waals surface area contributed by atoms with E-state index in [1.807, 2.05) is 12.1 Å². The fourth-order valence-electron chi connectivity index (χ4n) is 1.91. The Morgan fingerprint density at radius 1 is 1.47 bits per heavy atom. The number of aliphatic carboxylic acids is 1. The van der Waals surface area contributed by atoms with Gasteiger partial charge in [0.2, 0.25) is 0 Å². The van der Waals surface area contributed by atoms with Gasteiger partial charge in [-0.05, 0) is 29.7 Å². The number of carboxylic acid groups (broad SMARTS) is 1. The SMILES string of the molecule is Cl.O=C(O)Cc1cccc2c1CNCC2. The highest BCUT2D eigenvalue weighted by molar-refractivity contribution is 5.85. The second kappa shape index (κ2) is 5.14. The molecule has 1 aromatic rings. The Bertz CT molecular complexity index is 366. The standard InChI is InChI=1S/C11H13NO2.ClH/c13-11(14)6-9-3-1-2-8-4-5-12-7-10(8)9;/h1-3,12H,4-7H2,(H,13,14);1H. The van der Waals surface area contributed by atoms with Crippen molar-refractivity contribution in [3.8, 4) is 0 Å². The van der Waals surface area contributed by atoms with Gasteiger partial charge in [0.1, 0.15) is 0 Å². The van der Waals surface area contributed by atoms with Crippen molar-refractivity contribution in [3.05, 3.63) is 34.9 Å². The van der Waals surface area contributed by atoms with Gasteiger partial charge in [0, 0.05) is 6.54 Å². The molecule has 2 rings (SSSR count). The predicted molar refractivity (Wildman–Crippen MR) is 60.4 cm³/mol. The van der Waals surface area contributed by atoms with Crippen molar-refractivity contribution < 1.29 is 9.90 Å². The smallest absolute Gasteiger partial charge is 0.307 e. The molecule has 1 heterocycles. The molecular formula is C11H14ClNO2. The van der Waals surface area contributed by atoms with E-state index in [0.29, 0.717) is 0 Å². The summed E-state index contributed by atoms with van der Waals surface area (Å²) >= 11 is 0. The topological polar surface area (TPSA) is 49.3 Å². The Kier molecular flexibility index (Phi) is 4.12. The van der Waals surface area contributed by atoms with Gasteiger partial charge in [-0.25, -0.2) is 0 Å². The van der Waals surface area contributed by atoms with Crippen LogP contribution in [0.4, 0.5) is 0 Å². The average Bonchev–Trinajstić information content (AvgIpc) is 2.18. The van der Waals surface area contributed by atoms with Crippen LogP contribution in [0.2, 0.25) is 0 Å². The summed E-state index contributed by atoms with van der Waals surface area (Å²) in [5, 5.41) is 12.0. The van der Waals surface area contributed by atoms with Crippen LogP contribution in [0.1, 0.15) is 16.7 Å². The lowest BCUT2D eigenvalue weighted by atomic mass is 9.94. The maximum Gasteiger partial charge on any atom is 0.307 e. The van der Waals surface area contributed by atoms with Crippen molar-refractivity contribution >= 4 is 18.4 Å². The van der Waals surface area contributed by atoms with Crippen LogP contribution in [0.25, 0.3) is 0 Å². The first-order valence-electron chi connectivity index (χ1n) is 4.79. The van der Waals surface area contributed by atoms with Gasteiger partial charge in [-0.1, -0.05) is 18.2 Å². The highest BCUT2D eigenvalue weighted by Gasteiger charge is 2.13. The quantitative estimate of drug-likeness (QED) is 0.803. The van der Waals surface area contributed by atoms with E-state index in [2.05, 4.69) is 11.4 Å². The van der Waals surface area contributed by atoms with Crippen molar-refractivity contribution in [2.75, 3.05) is 6.54 Å². The Labute approximate surface area is 94.9 Å². The lowest BCUT2D eigenvalue weighted by Gasteiger charge is -2.19. The average molecular weight is 228 g/mol. The second-order valence-electron chi connectivity index (χ2n) is 3.55. The number of rotatable bonds is 2. The van der Waals surface area contributed by atoms with E-state index in [9.17, 15) is 4.79 Å². The van der Waals surface area contributed by atoms with E-state index < -0.39 is 5.97 Å². The van der Waals surface area contributed by atoms with Crippen LogP contribution in [-0.4, -0.2) is 17.6 Å².